The first-order chi connectivity index (χ1) is 12.2. The molecule has 1 unspecified atom stereocenters. The summed E-state index contributed by atoms with van der Waals surface area (Å²) >= 11 is 0. The van der Waals surface area contributed by atoms with E-state index in [1.165, 1.54) is 6.07 Å². The molecule has 1 aliphatic carbocycles. The standard InChI is InChI=1S/C19H17FN2O3/c20-16-4-2-1-3-15(16)17(23)11-24-14-9-7-12(8-10-14)18-21-19(25-22-18)13-5-6-13/h1-4,7-10,13,17,23H,5-6,11H2. The Labute approximate surface area is 144 Å². The highest BCUT2D eigenvalue weighted by Crippen LogP contribution is 2.39. The Kier molecular flexibility index (Phi) is 4.19. The summed E-state index contributed by atoms with van der Waals surface area (Å²) in [6, 6.07) is 13.3. The Morgan fingerprint density at radius 2 is 1.92 bits per heavy atom. The number of hydrogen-bond donors (Lipinski definition) is 1. The van der Waals surface area contributed by atoms with Gasteiger partial charge < -0.3 is 14.4 Å². The Bertz CT molecular complexity index is 859. The van der Waals surface area contributed by atoms with E-state index in [1.807, 2.05) is 12.1 Å². The predicted octanol–water partition coefficient (Wildman–Crippen LogP) is 3.87. The Hall–Kier alpha value is -2.73. The number of hydrogen-bond acceptors (Lipinski definition) is 5. The van der Waals surface area contributed by atoms with Gasteiger partial charge in [-0.3, -0.25) is 0 Å². The fourth-order valence-corrected chi connectivity index (χ4v) is 2.56. The van der Waals surface area contributed by atoms with Crippen LogP contribution >= 0.6 is 0 Å². The highest BCUT2D eigenvalue weighted by atomic mass is 19.1. The lowest BCUT2D eigenvalue weighted by molar-refractivity contribution is 0.105. The van der Waals surface area contributed by atoms with E-state index < -0.39 is 11.9 Å². The van der Waals surface area contributed by atoms with Gasteiger partial charge in [-0.1, -0.05) is 23.4 Å². The van der Waals surface area contributed by atoms with Crippen molar-refractivity contribution in [3.05, 3.63) is 65.8 Å². The Morgan fingerprint density at radius 3 is 2.64 bits per heavy atom. The largest absolute Gasteiger partial charge is 0.491 e. The normalized spacial score (nSPS) is 15.1. The summed E-state index contributed by atoms with van der Waals surface area (Å²) in [6.07, 6.45) is 1.19. The third-order valence-electron chi connectivity index (χ3n) is 4.15. The van der Waals surface area contributed by atoms with E-state index in [1.54, 1.807) is 30.3 Å². The van der Waals surface area contributed by atoms with Crippen molar-refractivity contribution < 1.29 is 18.8 Å². The molecule has 0 bridgehead atoms. The third kappa shape index (κ3) is 3.53. The number of aliphatic hydroxyl groups is 1. The Balaban J connectivity index is 1.39. The van der Waals surface area contributed by atoms with Gasteiger partial charge in [0.05, 0.1) is 0 Å². The van der Waals surface area contributed by atoms with Crippen LogP contribution in [0.25, 0.3) is 11.4 Å². The minimum Gasteiger partial charge on any atom is -0.491 e. The fraction of sp³-hybridized carbons (Fsp3) is 0.263. The van der Waals surface area contributed by atoms with E-state index in [2.05, 4.69) is 10.1 Å². The maximum absolute atomic E-state index is 13.6. The molecule has 1 heterocycles. The summed E-state index contributed by atoms with van der Waals surface area (Å²) in [5.41, 5.74) is 1.05. The summed E-state index contributed by atoms with van der Waals surface area (Å²) in [7, 11) is 0. The molecule has 0 radical (unpaired) electrons. The minimum atomic E-state index is -1.03. The zero-order valence-electron chi connectivity index (χ0n) is 13.4. The molecule has 0 saturated heterocycles. The van der Waals surface area contributed by atoms with Gasteiger partial charge in [-0.2, -0.15) is 4.98 Å². The van der Waals surface area contributed by atoms with Gasteiger partial charge in [0.15, 0.2) is 0 Å². The van der Waals surface area contributed by atoms with Crippen molar-refractivity contribution in [3.63, 3.8) is 0 Å². The zero-order chi connectivity index (χ0) is 17.2. The van der Waals surface area contributed by atoms with E-state index in [9.17, 15) is 9.50 Å². The van der Waals surface area contributed by atoms with Gasteiger partial charge in [-0.25, -0.2) is 4.39 Å². The summed E-state index contributed by atoms with van der Waals surface area (Å²) < 4.78 is 24.4. The second-order valence-electron chi connectivity index (χ2n) is 6.10. The highest BCUT2D eigenvalue weighted by molar-refractivity contribution is 5.55. The predicted molar refractivity (Wildman–Crippen MR) is 88.6 cm³/mol. The molecule has 1 aromatic heterocycles. The van der Waals surface area contributed by atoms with Crippen LogP contribution < -0.4 is 4.74 Å². The molecule has 2 aromatic carbocycles. The van der Waals surface area contributed by atoms with Crippen molar-refractivity contribution in [2.75, 3.05) is 6.61 Å². The van der Waals surface area contributed by atoms with Gasteiger partial charge >= 0.3 is 0 Å². The van der Waals surface area contributed by atoms with Crippen molar-refractivity contribution in [1.82, 2.24) is 10.1 Å². The molecule has 3 aromatic rings. The Morgan fingerprint density at radius 1 is 1.16 bits per heavy atom. The minimum absolute atomic E-state index is 0.0334. The van der Waals surface area contributed by atoms with Crippen LogP contribution in [0.5, 0.6) is 5.75 Å². The molecular weight excluding hydrogens is 323 g/mol. The summed E-state index contributed by atoms with van der Waals surface area (Å²) in [4.78, 5) is 4.40. The van der Waals surface area contributed by atoms with Crippen molar-refractivity contribution in [1.29, 1.82) is 0 Å². The van der Waals surface area contributed by atoms with Crippen LogP contribution in [-0.2, 0) is 0 Å². The maximum atomic E-state index is 13.6. The van der Waals surface area contributed by atoms with Gasteiger partial charge in [-0.05, 0) is 43.2 Å². The van der Waals surface area contributed by atoms with E-state index in [0.29, 0.717) is 23.4 Å². The molecule has 5 nitrogen and oxygen atoms in total. The number of halogens is 1. The van der Waals surface area contributed by atoms with Crippen molar-refractivity contribution in [2.45, 2.75) is 24.9 Å². The lowest BCUT2D eigenvalue weighted by atomic mass is 10.1. The first-order valence-corrected chi connectivity index (χ1v) is 8.20. The van der Waals surface area contributed by atoms with Crippen LogP contribution in [0.15, 0.2) is 53.1 Å². The fourth-order valence-electron chi connectivity index (χ4n) is 2.56. The summed E-state index contributed by atoms with van der Waals surface area (Å²) in [5.74, 6) is 1.80. The van der Waals surface area contributed by atoms with Crippen LogP contribution in [-0.4, -0.2) is 21.9 Å². The molecule has 0 spiro atoms. The molecule has 0 aliphatic heterocycles. The van der Waals surface area contributed by atoms with Crippen LogP contribution in [0.4, 0.5) is 4.39 Å². The van der Waals surface area contributed by atoms with Gasteiger partial charge in [-0.15, -0.1) is 0 Å². The third-order valence-corrected chi connectivity index (χ3v) is 4.15. The van der Waals surface area contributed by atoms with Crippen LogP contribution in [0.2, 0.25) is 0 Å². The quantitative estimate of drug-likeness (QED) is 0.738. The summed E-state index contributed by atoms with van der Waals surface area (Å²) in [6.45, 7) is -0.0334. The van der Waals surface area contributed by atoms with E-state index in [4.69, 9.17) is 9.26 Å². The molecule has 1 atom stereocenters. The average molecular weight is 340 g/mol. The second kappa shape index (κ2) is 6.64. The van der Waals surface area contributed by atoms with E-state index in [0.717, 1.165) is 18.4 Å². The number of benzene rings is 2. The van der Waals surface area contributed by atoms with Crippen molar-refractivity contribution in [2.24, 2.45) is 0 Å². The van der Waals surface area contributed by atoms with Crippen molar-refractivity contribution in [3.8, 4) is 17.1 Å². The first-order valence-electron chi connectivity index (χ1n) is 8.20. The zero-order valence-corrected chi connectivity index (χ0v) is 13.4. The van der Waals surface area contributed by atoms with E-state index in [-0.39, 0.29) is 12.2 Å². The molecule has 1 fully saturated rings. The SMILES string of the molecule is OC(COc1ccc(-c2noc(C3CC3)n2)cc1)c1ccccc1F. The topological polar surface area (TPSA) is 68.4 Å². The summed E-state index contributed by atoms with van der Waals surface area (Å²) in [5, 5.41) is 14.1. The van der Waals surface area contributed by atoms with Crippen molar-refractivity contribution >= 4 is 0 Å². The maximum Gasteiger partial charge on any atom is 0.230 e. The molecule has 1 aliphatic rings. The van der Waals surface area contributed by atoms with Gasteiger partial charge in [0.25, 0.3) is 0 Å². The van der Waals surface area contributed by atoms with Crippen LogP contribution in [0.1, 0.15) is 36.3 Å². The molecular formula is C19H17FN2O3. The van der Waals surface area contributed by atoms with Gasteiger partial charge in [0.1, 0.15) is 24.3 Å². The molecule has 1 N–H and O–H groups in total. The van der Waals surface area contributed by atoms with Crippen LogP contribution in [0.3, 0.4) is 0 Å². The molecule has 4 rings (SSSR count). The highest BCUT2D eigenvalue weighted by Gasteiger charge is 2.29. The molecule has 128 valence electrons. The molecule has 0 amide bonds. The molecule has 1 saturated carbocycles. The van der Waals surface area contributed by atoms with E-state index >= 15 is 0 Å². The van der Waals surface area contributed by atoms with Crippen LogP contribution in [0, 0.1) is 5.82 Å². The molecule has 6 heteroatoms. The number of aromatic nitrogens is 2. The lowest BCUT2D eigenvalue weighted by Crippen LogP contribution is -2.11. The average Bonchev–Trinajstić information content (AvgIpc) is 3.38. The van der Waals surface area contributed by atoms with Gasteiger partial charge in [0.2, 0.25) is 11.7 Å². The van der Waals surface area contributed by atoms with Gasteiger partial charge in [0, 0.05) is 17.0 Å². The number of rotatable bonds is 6. The smallest absolute Gasteiger partial charge is 0.230 e. The number of ether oxygens (including phenoxy) is 1. The second-order valence-corrected chi connectivity index (χ2v) is 6.10. The monoisotopic (exact) mass is 340 g/mol. The number of nitrogens with zero attached hydrogens (tertiary/aromatic N) is 2. The molecule has 25 heavy (non-hydrogen) atoms. The lowest BCUT2D eigenvalue weighted by Gasteiger charge is -2.13. The first kappa shape index (κ1) is 15.8. The number of aliphatic hydroxyl groups excluding tert-OH is 1.